The van der Waals surface area contributed by atoms with Gasteiger partial charge in [0.1, 0.15) is 5.82 Å². The average molecular weight is 476 g/mol. The lowest BCUT2D eigenvalue weighted by Gasteiger charge is -2.15. The van der Waals surface area contributed by atoms with Crippen molar-refractivity contribution in [3.05, 3.63) is 101 Å². The van der Waals surface area contributed by atoms with Crippen LogP contribution in [-0.4, -0.2) is 31.0 Å². The van der Waals surface area contributed by atoms with Crippen molar-refractivity contribution in [2.24, 2.45) is 9.50 Å². The number of nitrogens with zero attached hydrogens (tertiary/aromatic N) is 3. The van der Waals surface area contributed by atoms with Gasteiger partial charge >= 0.3 is 0 Å². The molecule has 0 aromatic heterocycles. The zero-order chi connectivity index (χ0) is 22.0. The highest BCUT2D eigenvalue weighted by atomic mass is 35.5. The number of halogens is 3. The minimum absolute atomic E-state index is 0.153. The Kier molecular flexibility index (Phi) is 6.09. The second-order valence-electron chi connectivity index (χ2n) is 6.83. The number of rotatable bonds is 4. The Morgan fingerprint density at radius 3 is 2.29 bits per heavy atom. The summed E-state index contributed by atoms with van der Waals surface area (Å²) in [6.07, 6.45) is 0. The van der Waals surface area contributed by atoms with Gasteiger partial charge in [-0.3, -0.25) is 0 Å². The molecule has 1 heterocycles. The summed E-state index contributed by atoms with van der Waals surface area (Å²) in [5.74, 6) is -0.698. The van der Waals surface area contributed by atoms with Crippen LogP contribution in [0.3, 0.4) is 0 Å². The number of hydrazone groups is 1. The van der Waals surface area contributed by atoms with E-state index in [2.05, 4.69) is 9.50 Å². The van der Waals surface area contributed by atoms with Gasteiger partial charge in [-0.2, -0.15) is 13.5 Å². The predicted octanol–water partition coefficient (Wildman–Crippen LogP) is 5.27. The molecule has 0 fully saturated rings. The first kappa shape index (κ1) is 21.5. The minimum atomic E-state index is -4.12. The van der Waals surface area contributed by atoms with Crippen molar-refractivity contribution < 1.29 is 12.8 Å². The molecule has 1 atom stereocenters. The first-order chi connectivity index (χ1) is 14.8. The normalized spacial score (nSPS) is 17.0. The summed E-state index contributed by atoms with van der Waals surface area (Å²) in [4.78, 5) is -0.159. The van der Waals surface area contributed by atoms with E-state index >= 15 is 0 Å². The van der Waals surface area contributed by atoms with Gasteiger partial charge in [-0.25, -0.2) is 9.40 Å². The smallest absolute Gasteiger partial charge is 0.236 e. The zero-order valence-corrected chi connectivity index (χ0v) is 18.3. The quantitative estimate of drug-likeness (QED) is 0.293. The molecule has 31 heavy (non-hydrogen) atoms. The van der Waals surface area contributed by atoms with Gasteiger partial charge in [0.2, 0.25) is 5.29 Å². The van der Waals surface area contributed by atoms with Gasteiger partial charge in [-0.15, -0.1) is 4.40 Å². The van der Waals surface area contributed by atoms with Crippen LogP contribution < -0.4 is 0 Å². The lowest BCUT2D eigenvalue weighted by Crippen LogP contribution is -2.23. The van der Waals surface area contributed by atoms with Crippen molar-refractivity contribution in [3.8, 4) is 0 Å². The van der Waals surface area contributed by atoms with Crippen LogP contribution in [0.25, 0.3) is 0 Å². The number of benzene rings is 3. The molecule has 9 heteroatoms. The van der Waals surface area contributed by atoms with Crippen LogP contribution in [0.2, 0.25) is 5.02 Å². The highest BCUT2D eigenvalue weighted by Gasteiger charge is 2.31. The lowest BCUT2D eigenvalue weighted by atomic mass is 9.91. The summed E-state index contributed by atoms with van der Waals surface area (Å²) in [6.45, 7) is 0.309. The van der Waals surface area contributed by atoms with Gasteiger partial charge < -0.3 is 0 Å². The largest absolute Gasteiger partial charge is 0.285 e. The van der Waals surface area contributed by atoms with Crippen LogP contribution in [0.15, 0.2) is 93.3 Å². The van der Waals surface area contributed by atoms with Crippen molar-refractivity contribution in [2.75, 3.05) is 6.54 Å². The third-order valence-electron chi connectivity index (χ3n) is 4.78. The van der Waals surface area contributed by atoms with Crippen LogP contribution in [0, 0.1) is 5.82 Å². The van der Waals surface area contributed by atoms with Crippen molar-refractivity contribution in [3.63, 3.8) is 0 Å². The molecule has 3 aromatic carbocycles. The first-order valence-electron chi connectivity index (χ1n) is 9.26. The van der Waals surface area contributed by atoms with Crippen LogP contribution in [-0.2, 0) is 10.0 Å². The van der Waals surface area contributed by atoms with Crippen LogP contribution in [0.1, 0.15) is 17.0 Å². The van der Waals surface area contributed by atoms with E-state index in [4.69, 9.17) is 23.2 Å². The van der Waals surface area contributed by atoms with E-state index in [1.807, 2.05) is 42.5 Å². The SMILES string of the molecule is O=S(=O)(/N=C(\Cl)N1CC(c2ccccc2)C(c2ccc(Cl)cc2)=N1)c1ccc(F)cc1. The van der Waals surface area contributed by atoms with Crippen LogP contribution >= 0.6 is 23.2 Å². The summed E-state index contributed by atoms with van der Waals surface area (Å²) in [5.41, 5.74) is 2.56. The second kappa shape index (κ2) is 8.78. The molecule has 0 saturated heterocycles. The highest BCUT2D eigenvalue weighted by Crippen LogP contribution is 2.30. The molecule has 1 aliphatic heterocycles. The summed E-state index contributed by atoms with van der Waals surface area (Å²) < 4.78 is 42.0. The van der Waals surface area contributed by atoms with Gasteiger partial charge in [0.25, 0.3) is 10.0 Å². The Balaban J connectivity index is 1.70. The Morgan fingerprint density at radius 1 is 1.00 bits per heavy atom. The molecule has 0 N–H and O–H groups in total. The van der Waals surface area contributed by atoms with E-state index in [0.29, 0.717) is 11.6 Å². The van der Waals surface area contributed by atoms with Crippen LogP contribution in [0.4, 0.5) is 4.39 Å². The molecule has 0 spiro atoms. The fourth-order valence-corrected chi connectivity index (χ4v) is 4.63. The van der Waals surface area contributed by atoms with Gasteiger partial charge in [-0.1, -0.05) is 54.1 Å². The van der Waals surface area contributed by atoms with E-state index in [9.17, 15) is 12.8 Å². The third kappa shape index (κ3) is 4.79. The molecular formula is C22H16Cl2FN3O2S. The number of amidine groups is 1. The Hall–Kier alpha value is -2.74. The Bertz CT molecular complexity index is 1250. The highest BCUT2D eigenvalue weighted by molar-refractivity contribution is 7.90. The second-order valence-corrected chi connectivity index (χ2v) is 9.21. The Labute approximate surface area is 189 Å². The molecule has 0 bridgehead atoms. The first-order valence-corrected chi connectivity index (χ1v) is 11.5. The summed E-state index contributed by atoms with van der Waals surface area (Å²) in [5, 5.41) is 6.21. The van der Waals surface area contributed by atoms with Crippen molar-refractivity contribution in [1.29, 1.82) is 0 Å². The topological polar surface area (TPSA) is 62.1 Å². The summed E-state index contributed by atoms with van der Waals surface area (Å²) in [6, 6.07) is 21.3. The number of hydrogen-bond donors (Lipinski definition) is 0. The van der Waals surface area contributed by atoms with E-state index < -0.39 is 15.8 Å². The molecule has 3 aromatic rings. The molecule has 1 aliphatic rings. The standard InChI is InChI=1S/C22H16Cl2FN3O2S/c23-17-8-6-16(7-9-17)21-20(15-4-2-1-3-5-15)14-28(26-21)22(24)27-31(29,30)19-12-10-18(25)11-13-19/h1-13,20H,14H2/b27-22+. The fourth-order valence-electron chi connectivity index (χ4n) is 3.25. The average Bonchev–Trinajstić information content (AvgIpc) is 3.21. The Morgan fingerprint density at radius 2 is 1.65 bits per heavy atom. The summed E-state index contributed by atoms with van der Waals surface area (Å²) >= 11 is 12.3. The van der Waals surface area contributed by atoms with E-state index in [0.717, 1.165) is 41.1 Å². The molecule has 4 rings (SSSR count). The molecule has 0 saturated carbocycles. The molecular weight excluding hydrogens is 460 g/mol. The maximum Gasteiger partial charge on any atom is 0.285 e. The van der Waals surface area contributed by atoms with E-state index in [-0.39, 0.29) is 16.1 Å². The molecule has 0 aliphatic carbocycles. The zero-order valence-electron chi connectivity index (χ0n) is 16.0. The summed E-state index contributed by atoms with van der Waals surface area (Å²) in [7, 11) is -4.12. The monoisotopic (exact) mass is 475 g/mol. The maximum absolute atomic E-state index is 13.1. The van der Waals surface area contributed by atoms with Gasteiger partial charge in [0.15, 0.2) is 0 Å². The van der Waals surface area contributed by atoms with Crippen molar-refractivity contribution in [1.82, 2.24) is 5.01 Å². The molecule has 0 radical (unpaired) electrons. The van der Waals surface area contributed by atoms with E-state index in [1.54, 1.807) is 12.1 Å². The van der Waals surface area contributed by atoms with E-state index in [1.165, 1.54) is 5.01 Å². The third-order valence-corrected chi connectivity index (χ3v) is 6.69. The van der Waals surface area contributed by atoms with Gasteiger partial charge in [0.05, 0.1) is 17.2 Å². The maximum atomic E-state index is 13.1. The molecule has 1 unspecified atom stereocenters. The lowest BCUT2D eigenvalue weighted by molar-refractivity contribution is 0.483. The minimum Gasteiger partial charge on any atom is -0.236 e. The van der Waals surface area contributed by atoms with Crippen LogP contribution in [0.5, 0.6) is 0 Å². The molecule has 0 amide bonds. The van der Waals surface area contributed by atoms with Crippen molar-refractivity contribution >= 4 is 44.2 Å². The number of hydrogen-bond acceptors (Lipinski definition) is 3. The molecule has 158 valence electrons. The van der Waals surface area contributed by atoms with Gasteiger partial charge in [0, 0.05) is 10.9 Å². The van der Waals surface area contributed by atoms with Crippen molar-refractivity contribution in [2.45, 2.75) is 10.8 Å². The van der Waals surface area contributed by atoms with Gasteiger partial charge in [-0.05, 0) is 59.1 Å². The number of sulfonamides is 1. The fraction of sp³-hybridized carbons (Fsp3) is 0.0909. The molecule has 5 nitrogen and oxygen atoms in total. The predicted molar refractivity (Wildman–Crippen MR) is 121 cm³/mol.